The SMILES string of the molecule is CCc1oncc1C(=O)NC1COCCN(C(=O)CCC2(C)CC2)C1. The lowest BCUT2D eigenvalue weighted by Crippen LogP contribution is -2.46. The van der Waals surface area contributed by atoms with E-state index >= 15 is 0 Å². The molecule has 2 heterocycles. The van der Waals surface area contributed by atoms with Crippen LogP contribution in [0.25, 0.3) is 0 Å². The number of aryl methyl sites for hydroxylation is 1. The summed E-state index contributed by atoms with van der Waals surface area (Å²) < 4.78 is 10.6. The van der Waals surface area contributed by atoms with Crippen molar-refractivity contribution in [3.8, 4) is 0 Å². The van der Waals surface area contributed by atoms with E-state index in [0.29, 0.717) is 55.9 Å². The molecule has 0 spiro atoms. The zero-order chi connectivity index (χ0) is 17.9. The van der Waals surface area contributed by atoms with Crippen LogP contribution in [0.3, 0.4) is 0 Å². The third-order valence-electron chi connectivity index (χ3n) is 5.21. The van der Waals surface area contributed by atoms with Gasteiger partial charge < -0.3 is 19.5 Å². The Balaban J connectivity index is 1.55. The molecule has 7 heteroatoms. The molecule has 1 N–H and O–H groups in total. The van der Waals surface area contributed by atoms with Gasteiger partial charge in [0, 0.05) is 25.9 Å². The van der Waals surface area contributed by atoms with Crippen molar-refractivity contribution in [3.63, 3.8) is 0 Å². The van der Waals surface area contributed by atoms with Crippen LogP contribution in [-0.4, -0.2) is 54.2 Å². The first-order chi connectivity index (χ1) is 12.0. The maximum atomic E-state index is 12.5. The number of nitrogens with zero attached hydrogens (tertiary/aromatic N) is 2. The molecule has 1 aliphatic heterocycles. The molecule has 2 fully saturated rings. The summed E-state index contributed by atoms with van der Waals surface area (Å²) in [5.41, 5.74) is 0.822. The van der Waals surface area contributed by atoms with Crippen molar-refractivity contribution in [3.05, 3.63) is 17.5 Å². The molecule has 25 heavy (non-hydrogen) atoms. The van der Waals surface area contributed by atoms with E-state index in [1.54, 1.807) is 0 Å². The van der Waals surface area contributed by atoms with Gasteiger partial charge in [-0.3, -0.25) is 9.59 Å². The molecule has 1 atom stereocenters. The van der Waals surface area contributed by atoms with Crippen molar-refractivity contribution < 1.29 is 18.8 Å². The molecule has 1 saturated carbocycles. The third-order valence-corrected chi connectivity index (χ3v) is 5.21. The minimum Gasteiger partial charge on any atom is -0.377 e. The first kappa shape index (κ1) is 17.9. The minimum atomic E-state index is -0.230. The molecule has 2 aliphatic rings. The number of aromatic nitrogens is 1. The van der Waals surface area contributed by atoms with Gasteiger partial charge in [0.2, 0.25) is 5.91 Å². The zero-order valence-corrected chi connectivity index (χ0v) is 15.0. The second-order valence-electron chi connectivity index (χ2n) is 7.41. The van der Waals surface area contributed by atoms with Crippen LogP contribution >= 0.6 is 0 Å². The second kappa shape index (κ2) is 7.56. The maximum absolute atomic E-state index is 12.5. The van der Waals surface area contributed by atoms with E-state index in [1.165, 1.54) is 19.0 Å². The highest BCUT2D eigenvalue weighted by Gasteiger charge is 2.37. The van der Waals surface area contributed by atoms with Crippen LogP contribution in [-0.2, 0) is 16.0 Å². The first-order valence-electron chi connectivity index (χ1n) is 9.11. The van der Waals surface area contributed by atoms with Crippen LogP contribution in [0.5, 0.6) is 0 Å². The Morgan fingerprint density at radius 2 is 2.24 bits per heavy atom. The molecule has 1 aromatic heterocycles. The molecule has 0 bridgehead atoms. The van der Waals surface area contributed by atoms with Crippen LogP contribution in [0.15, 0.2) is 10.7 Å². The van der Waals surface area contributed by atoms with Crippen LogP contribution < -0.4 is 5.32 Å². The Morgan fingerprint density at radius 3 is 2.96 bits per heavy atom. The fraction of sp³-hybridized carbons (Fsp3) is 0.722. The number of rotatable bonds is 6. The summed E-state index contributed by atoms with van der Waals surface area (Å²) in [5.74, 6) is 0.487. The summed E-state index contributed by atoms with van der Waals surface area (Å²) in [6.07, 6.45) is 6.00. The van der Waals surface area contributed by atoms with Crippen molar-refractivity contribution in [2.24, 2.45) is 5.41 Å². The lowest BCUT2D eigenvalue weighted by molar-refractivity contribution is -0.131. The number of ether oxygens (including phenoxy) is 1. The molecule has 1 aliphatic carbocycles. The van der Waals surface area contributed by atoms with Crippen molar-refractivity contribution in [2.45, 2.75) is 52.0 Å². The summed E-state index contributed by atoms with van der Waals surface area (Å²) in [4.78, 5) is 26.8. The van der Waals surface area contributed by atoms with Gasteiger partial charge >= 0.3 is 0 Å². The van der Waals surface area contributed by atoms with E-state index in [2.05, 4.69) is 17.4 Å². The molecular formula is C18H27N3O4. The van der Waals surface area contributed by atoms with E-state index < -0.39 is 0 Å². The van der Waals surface area contributed by atoms with Gasteiger partial charge in [-0.25, -0.2) is 0 Å². The average molecular weight is 349 g/mol. The number of hydrogen-bond donors (Lipinski definition) is 1. The van der Waals surface area contributed by atoms with Crippen LogP contribution in [0.4, 0.5) is 0 Å². The van der Waals surface area contributed by atoms with Gasteiger partial charge in [-0.2, -0.15) is 0 Å². The lowest BCUT2D eigenvalue weighted by Gasteiger charge is -2.24. The van der Waals surface area contributed by atoms with Crippen molar-refractivity contribution in [1.29, 1.82) is 0 Å². The molecule has 2 amide bonds. The first-order valence-corrected chi connectivity index (χ1v) is 9.11. The summed E-state index contributed by atoms with van der Waals surface area (Å²) in [6.45, 7) is 6.11. The number of amides is 2. The maximum Gasteiger partial charge on any atom is 0.256 e. The molecular weight excluding hydrogens is 322 g/mol. The molecule has 1 aromatic rings. The van der Waals surface area contributed by atoms with E-state index in [1.807, 2.05) is 11.8 Å². The van der Waals surface area contributed by atoms with Gasteiger partial charge in [0.15, 0.2) is 0 Å². The Kier molecular flexibility index (Phi) is 5.42. The number of carbonyl (C=O) groups is 2. The van der Waals surface area contributed by atoms with Gasteiger partial charge in [0.05, 0.1) is 25.5 Å². The van der Waals surface area contributed by atoms with E-state index in [0.717, 1.165) is 6.42 Å². The highest BCUT2D eigenvalue weighted by atomic mass is 16.5. The van der Waals surface area contributed by atoms with E-state index in [4.69, 9.17) is 9.26 Å². The van der Waals surface area contributed by atoms with Crippen molar-refractivity contribution in [2.75, 3.05) is 26.3 Å². The molecule has 138 valence electrons. The second-order valence-corrected chi connectivity index (χ2v) is 7.41. The summed E-state index contributed by atoms with van der Waals surface area (Å²) in [7, 11) is 0. The highest BCUT2D eigenvalue weighted by molar-refractivity contribution is 5.95. The normalized spacial score (nSPS) is 22.3. The standard InChI is InChI=1S/C18H27N3O4/c1-3-15-14(10-19-25-15)17(23)20-13-11-21(8-9-24-12-13)16(22)4-5-18(2)6-7-18/h10,13H,3-9,11-12H2,1-2H3,(H,20,23). The zero-order valence-electron chi connectivity index (χ0n) is 15.0. The molecule has 1 saturated heterocycles. The van der Waals surface area contributed by atoms with Crippen LogP contribution in [0.1, 0.15) is 55.6 Å². The molecule has 1 unspecified atom stereocenters. The lowest BCUT2D eigenvalue weighted by atomic mass is 10.0. The Hall–Kier alpha value is -1.89. The minimum absolute atomic E-state index is 0.150. The quantitative estimate of drug-likeness (QED) is 0.846. The fourth-order valence-electron chi connectivity index (χ4n) is 3.12. The van der Waals surface area contributed by atoms with Gasteiger partial charge in [-0.15, -0.1) is 0 Å². The average Bonchev–Trinajstić information content (AvgIpc) is 3.22. The smallest absolute Gasteiger partial charge is 0.256 e. The third kappa shape index (κ3) is 4.60. The fourth-order valence-corrected chi connectivity index (χ4v) is 3.12. The van der Waals surface area contributed by atoms with Crippen molar-refractivity contribution >= 4 is 11.8 Å². The number of nitrogens with one attached hydrogen (secondary N) is 1. The van der Waals surface area contributed by atoms with Crippen LogP contribution in [0.2, 0.25) is 0 Å². The molecule has 7 nitrogen and oxygen atoms in total. The molecule has 0 aromatic carbocycles. The monoisotopic (exact) mass is 349 g/mol. The largest absolute Gasteiger partial charge is 0.377 e. The van der Waals surface area contributed by atoms with E-state index in [9.17, 15) is 9.59 Å². The summed E-state index contributed by atoms with van der Waals surface area (Å²) >= 11 is 0. The van der Waals surface area contributed by atoms with Crippen molar-refractivity contribution in [1.82, 2.24) is 15.4 Å². The van der Waals surface area contributed by atoms with Gasteiger partial charge in [-0.1, -0.05) is 19.0 Å². The predicted octanol–water partition coefficient (Wildman–Crippen LogP) is 1.77. The topological polar surface area (TPSA) is 84.7 Å². The Labute approximate surface area is 148 Å². The number of hydrogen-bond acceptors (Lipinski definition) is 5. The predicted molar refractivity (Wildman–Crippen MR) is 91.1 cm³/mol. The van der Waals surface area contributed by atoms with Gasteiger partial charge in [0.25, 0.3) is 5.91 Å². The van der Waals surface area contributed by atoms with E-state index in [-0.39, 0.29) is 17.9 Å². The highest BCUT2D eigenvalue weighted by Crippen LogP contribution is 2.48. The Bertz CT molecular complexity index is 624. The Morgan fingerprint density at radius 1 is 1.44 bits per heavy atom. The van der Waals surface area contributed by atoms with Crippen LogP contribution in [0, 0.1) is 5.41 Å². The number of carbonyl (C=O) groups excluding carboxylic acids is 2. The summed E-state index contributed by atoms with van der Waals surface area (Å²) in [5, 5.41) is 6.64. The van der Waals surface area contributed by atoms with Gasteiger partial charge in [0.1, 0.15) is 11.3 Å². The van der Waals surface area contributed by atoms with Gasteiger partial charge in [-0.05, 0) is 24.7 Å². The summed E-state index contributed by atoms with van der Waals surface area (Å²) in [6, 6.07) is -0.227. The molecule has 0 radical (unpaired) electrons. The molecule has 3 rings (SSSR count).